The van der Waals surface area contributed by atoms with Crippen molar-refractivity contribution in [1.29, 1.82) is 0 Å². The van der Waals surface area contributed by atoms with Crippen LogP contribution in [-0.2, 0) is 14.3 Å². The normalized spacial score (nSPS) is 11.8. The summed E-state index contributed by atoms with van der Waals surface area (Å²) in [7, 11) is 0. The van der Waals surface area contributed by atoms with Crippen LogP contribution in [-0.4, -0.2) is 18.9 Å². The quantitative estimate of drug-likeness (QED) is 0.197. The second kappa shape index (κ2) is 8.48. The summed E-state index contributed by atoms with van der Waals surface area (Å²) in [5, 5.41) is 0. The summed E-state index contributed by atoms with van der Waals surface area (Å²) in [6.07, 6.45) is 5.76. The van der Waals surface area contributed by atoms with Crippen molar-refractivity contribution >= 4 is 12.3 Å². The van der Waals surface area contributed by atoms with Gasteiger partial charge in [0.05, 0.1) is 0 Å². The van der Waals surface area contributed by atoms with Gasteiger partial charge in [0.25, 0.3) is 0 Å². The number of hydrogen-bond acceptors (Lipinski definition) is 3. The zero-order valence-electron chi connectivity index (χ0n) is 8.70. The molecule has 0 N–H and O–H groups in total. The van der Waals surface area contributed by atoms with E-state index in [0.717, 1.165) is 19.3 Å². The highest BCUT2D eigenvalue weighted by atomic mass is 16.5. The SMILES string of the molecule is C=CCOC(=O)[C@H](C=O)CCCCC. The van der Waals surface area contributed by atoms with Gasteiger partial charge in [-0.1, -0.05) is 38.8 Å². The standard InChI is InChI=1S/C11H18O3/c1-3-5-6-7-10(9-12)11(13)14-8-4-2/h4,9-10H,2-3,5-8H2,1H3/t10-/m0/s1. The molecule has 0 aromatic rings. The molecule has 1 atom stereocenters. The lowest BCUT2D eigenvalue weighted by Crippen LogP contribution is -2.19. The molecule has 0 saturated heterocycles. The number of carbonyl (C=O) groups excluding carboxylic acids is 2. The predicted molar refractivity (Wildman–Crippen MR) is 54.9 cm³/mol. The molecule has 3 heteroatoms. The van der Waals surface area contributed by atoms with Crippen LogP contribution in [0.25, 0.3) is 0 Å². The van der Waals surface area contributed by atoms with Crippen LogP contribution in [0.1, 0.15) is 32.6 Å². The van der Waals surface area contributed by atoms with E-state index in [2.05, 4.69) is 13.5 Å². The van der Waals surface area contributed by atoms with Gasteiger partial charge in [0.15, 0.2) is 0 Å². The van der Waals surface area contributed by atoms with E-state index in [1.54, 1.807) is 0 Å². The fraction of sp³-hybridized carbons (Fsp3) is 0.636. The topological polar surface area (TPSA) is 43.4 Å². The van der Waals surface area contributed by atoms with Crippen LogP contribution in [0, 0.1) is 5.92 Å². The van der Waals surface area contributed by atoms with Crippen molar-refractivity contribution in [2.45, 2.75) is 32.6 Å². The molecule has 14 heavy (non-hydrogen) atoms. The first-order valence-electron chi connectivity index (χ1n) is 4.99. The third-order valence-electron chi connectivity index (χ3n) is 1.93. The monoisotopic (exact) mass is 198 g/mol. The Hall–Kier alpha value is -1.12. The minimum absolute atomic E-state index is 0.178. The van der Waals surface area contributed by atoms with E-state index in [4.69, 9.17) is 4.74 Å². The zero-order valence-corrected chi connectivity index (χ0v) is 8.70. The fourth-order valence-corrected chi connectivity index (χ4v) is 1.10. The molecule has 3 nitrogen and oxygen atoms in total. The molecule has 0 aliphatic carbocycles. The molecule has 0 rings (SSSR count). The Morgan fingerprint density at radius 2 is 2.21 bits per heavy atom. The average molecular weight is 198 g/mol. The highest BCUT2D eigenvalue weighted by molar-refractivity contribution is 5.87. The Kier molecular flexibility index (Phi) is 7.80. The van der Waals surface area contributed by atoms with Crippen molar-refractivity contribution in [2.24, 2.45) is 5.92 Å². The van der Waals surface area contributed by atoms with Gasteiger partial charge >= 0.3 is 5.97 Å². The summed E-state index contributed by atoms with van der Waals surface area (Å²) >= 11 is 0. The van der Waals surface area contributed by atoms with Gasteiger partial charge in [0.2, 0.25) is 0 Å². The highest BCUT2D eigenvalue weighted by Gasteiger charge is 2.17. The maximum absolute atomic E-state index is 11.2. The number of ether oxygens (including phenoxy) is 1. The smallest absolute Gasteiger partial charge is 0.316 e. The Morgan fingerprint density at radius 1 is 1.50 bits per heavy atom. The molecule has 0 radical (unpaired) electrons. The number of carbonyl (C=O) groups is 2. The van der Waals surface area contributed by atoms with Gasteiger partial charge in [-0.15, -0.1) is 0 Å². The van der Waals surface area contributed by atoms with Crippen LogP contribution in [0.3, 0.4) is 0 Å². The molecular weight excluding hydrogens is 180 g/mol. The van der Waals surface area contributed by atoms with Gasteiger partial charge < -0.3 is 9.53 Å². The summed E-state index contributed by atoms with van der Waals surface area (Å²) in [4.78, 5) is 21.8. The molecule has 80 valence electrons. The molecule has 0 amide bonds. The van der Waals surface area contributed by atoms with Gasteiger partial charge in [-0.25, -0.2) is 0 Å². The first kappa shape index (κ1) is 12.9. The number of rotatable bonds is 8. The Bertz CT molecular complexity index is 187. The lowest BCUT2D eigenvalue weighted by Gasteiger charge is -2.08. The Morgan fingerprint density at radius 3 is 2.71 bits per heavy atom. The van der Waals surface area contributed by atoms with Crippen LogP contribution < -0.4 is 0 Å². The summed E-state index contributed by atoms with van der Waals surface area (Å²) < 4.78 is 4.79. The first-order chi connectivity index (χ1) is 6.76. The van der Waals surface area contributed by atoms with Crippen molar-refractivity contribution < 1.29 is 14.3 Å². The molecule has 0 aliphatic heterocycles. The lowest BCUT2D eigenvalue weighted by atomic mass is 10.0. The van der Waals surface area contributed by atoms with E-state index in [0.29, 0.717) is 12.7 Å². The summed E-state index contributed by atoms with van der Waals surface area (Å²) in [5.74, 6) is -1.03. The van der Waals surface area contributed by atoms with Gasteiger partial charge in [-0.3, -0.25) is 4.79 Å². The van der Waals surface area contributed by atoms with E-state index in [1.165, 1.54) is 6.08 Å². The molecule has 0 heterocycles. The molecule has 0 aromatic heterocycles. The molecular formula is C11H18O3. The van der Waals surface area contributed by atoms with Gasteiger partial charge in [0.1, 0.15) is 18.8 Å². The number of aldehydes is 1. The Labute approximate surface area is 85.1 Å². The lowest BCUT2D eigenvalue weighted by molar-refractivity contribution is -0.148. The summed E-state index contributed by atoms with van der Waals surface area (Å²) in [6, 6.07) is 0. The molecule has 0 saturated carbocycles. The van der Waals surface area contributed by atoms with Crippen LogP contribution in [0.15, 0.2) is 12.7 Å². The minimum Gasteiger partial charge on any atom is -0.461 e. The van der Waals surface area contributed by atoms with E-state index < -0.39 is 11.9 Å². The van der Waals surface area contributed by atoms with E-state index in [-0.39, 0.29) is 6.61 Å². The summed E-state index contributed by atoms with van der Waals surface area (Å²) in [5.41, 5.74) is 0. The number of hydrogen-bond donors (Lipinski definition) is 0. The van der Waals surface area contributed by atoms with Crippen molar-refractivity contribution in [3.05, 3.63) is 12.7 Å². The first-order valence-corrected chi connectivity index (χ1v) is 4.99. The van der Waals surface area contributed by atoms with Crippen LogP contribution >= 0.6 is 0 Å². The largest absolute Gasteiger partial charge is 0.461 e. The second-order valence-electron chi connectivity index (χ2n) is 3.16. The van der Waals surface area contributed by atoms with Crippen molar-refractivity contribution in [3.63, 3.8) is 0 Å². The maximum atomic E-state index is 11.2. The van der Waals surface area contributed by atoms with Crippen LogP contribution in [0.4, 0.5) is 0 Å². The average Bonchev–Trinajstić information content (AvgIpc) is 2.21. The van der Waals surface area contributed by atoms with Crippen molar-refractivity contribution in [3.8, 4) is 0 Å². The minimum atomic E-state index is -0.596. The van der Waals surface area contributed by atoms with Crippen LogP contribution in [0.5, 0.6) is 0 Å². The van der Waals surface area contributed by atoms with E-state index in [9.17, 15) is 9.59 Å². The second-order valence-corrected chi connectivity index (χ2v) is 3.16. The molecule has 0 fully saturated rings. The Balaban J connectivity index is 3.80. The number of unbranched alkanes of at least 4 members (excludes halogenated alkanes) is 2. The van der Waals surface area contributed by atoms with Crippen molar-refractivity contribution in [2.75, 3.05) is 6.61 Å². The highest BCUT2D eigenvalue weighted by Crippen LogP contribution is 2.09. The van der Waals surface area contributed by atoms with E-state index >= 15 is 0 Å². The fourth-order valence-electron chi connectivity index (χ4n) is 1.10. The molecule has 0 aromatic carbocycles. The summed E-state index contributed by atoms with van der Waals surface area (Å²) in [6.45, 7) is 5.68. The molecule has 0 unspecified atom stereocenters. The third-order valence-corrected chi connectivity index (χ3v) is 1.93. The van der Waals surface area contributed by atoms with Gasteiger partial charge in [0, 0.05) is 0 Å². The zero-order chi connectivity index (χ0) is 10.8. The maximum Gasteiger partial charge on any atom is 0.316 e. The number of esters is 1. The molecule has 0 spiro atoms. The van der Waals surface area contributed by atoms with Gasteiger partial charge in [-0.2, -0.15) is 0 Å². The third kappa shape index (κ3) is 5.51. The van der Waals surface area contributed by atoms with E-state index in [1.807, 2.05) is 0 Å². The van der Waals surface area contributed by atoms with Crippen LogP contribution in [0.2, 0.25) is 0 Å². The predicted octanol–water partition coefficient (Wildman–Crippen LogP) is 2.11. The molecule has 0 bridgehead atoms. The molecule has 0 aliphatic rings. The van der Waals surface area contributed by atoms with Gasteiger partial charge in [-0.05, 0) is 6.42 Å². The van der Waals surface area contributed by atoms with Crippen molar-refractivity contribution in [1.82, 2.24) is 0 Å².